The first kappa shape index (κ1) is 9.47. The fourth-order valence-corrected chi connectivity index (χ4v) is 2.25. The van der Waals surface area contributed by atoms with E-state index in [1.165, 1.54) is 25.9 Å². The van der Waals surface area contributed by atoms with Gasteiger partial charge in [-0.05, 0) is 39.2 Å². The lowest BCUT2D eigenvalue weighted by atomic mass is 10.2. The smallest absolute Gasteiger partial charge is 0.0210 e. The van der Waals surface area contributed by atoms with Gasteiger partial charge in [-0.3, -0.25) is 4.90 Å². The molecule has 1 N–H and O–H groups in total. The van der Waals surface area contributed by atoms with Gasteiger partial charge in [0.15, 0.2) is 0 Å². The van der Waals surface area contributed by atoms with Crippen LogP contribution in [0.4, 0.5) is 0 Å². The van der Waals surface area contributed by atoms with Crippen LogP contribution >= 0.6 is 0 Å². The van der Waals surface area contributed by atoms with Gasteiger partial charge < -0.3 is 5.32 Å². The molecule has 1 saturated heterocycles. The Morgan fingerprint density at radius 3 is 2.54 bits per heavy atom. The minimum absolute atomic E-state index is 0.725. The van der Waals surface area contributed by atoms with E-state index in [2.05, 4.69) is 31.0 Å². The van der Waals surface area contributed by atoms with Crippen molar-refractivity contribution in [3.05, 3.63) is 0 Å². The van der Waals surface area contributed by atoms with Crippen molar-refractivity contribution in [2.75, 3.05) is 13.1 Å². The van der Waals surface area contributed by atoms with Crippen LogP contribution in [0.2, 0.25) is 0 Å². The maximum absolute atomic E-state index is 3.75. The van der Waals surface area contributed by atoms with Crippen LogP contribution in [0.5, 0.6) is 0 Å². The summed E-state index contributed by atoms with van der Waals surface area (Å²) in [7, 11) is 0. The summed E-state index contributed by atoms with van der Waals surface area (Å²) in [6.45, 7) is 9.48. The summed E-state index contributed by atoms with van der Waals surface area (Å²) in [5.41, 5.74) is 0. The molecule has 1 aliphatic carbocycles. The van der Waals surface area contributed by atoms with Crippen LogP contribution in [0, 0.1) is 5.92 Å². The van der Waals surface area contributed by atoms with Gasteiger partial charge >= 0.3 is 0 Å². The fraction of sp³-hybridized carbons (Fsp3) is 1.00. The third-order valence-corrected chi connectivity index (χ3v) is 3.51. The summed E-state index contributed by atoms with van der Waals surface area (Å²) in [6.07, 6.45) is 2.75. The quantitative estimate of drug-likeness (QED) is 0.711. The summed E-state index contributed by atoms with van der Waals surface area (Å²) < 4.78 is 0. The summed E-state index contributed by atoms with van der Waals surface area (Å²) >= 11 is 0. The molecule has 1 heterocycles. The summed E-state index contributed by atoms with van der Waals surface area (Å²) in [6, 6.07) is 2.35. The van der Waals surface area contributed by atoms with Crippen molar-refractivity contribution < 1.29 is 0 Å². The molecule has 76 valence electrons. The van der Waals surface area contributed by atoms with Crippen LogP contribution in [0.1, 0.15) is 33.6 Å². The second-order valence-corrected chi connectivity index (χ2v) is 5.06. The summed E-state index contributed by atoms with van der Waals surface area (Å²) in [4.78, 5) is 2.57. The lowest BCUT2D eigenvalue weighted by Crippen LogP contribution is -2.36. The van der Waals surface area contributed by atoms with Crippen LogP contribution in [-0.4, -0.2) is 36.1 Å². The molecule has 2 rings (SSSR count). The molecule has 0 aromatic carbocycles. The maximum atomic E-state index is 3.75. The standard InChI is InChI=1S/C11H22N2/c1-8(2)13-5-4-10(7-13)12-11-6-9(11)3/h8-12H,4-7H2,1-3H3. The lowest BCUT2D eigenvalue weighted by molar-refractivity contribution is 0.267. The molecule has 0 aromatic rings. The predicted molar refractivity (Wildman–Crippen MR) is 55.8 cm³/mol. The molecule has 0 radical (unpaired) electrons. The second kappa shape index (κ2) is 3.58. The molecule has 2 fully saturated rings. The zero-order valence-corrected chi connectivity index (χ0v) is 9.09. The molecule has 0 amide bonds. The van der Waals surface area contributed by atoms with Crippen molar-refractivity contribution in [2.24, 2.45) is 5.92 Å². The van der Waals surface area contributed by atoms with E-state index in [4.69, 9.17) is 0 Å². The highest BCUT2D eigenvalue weighted by atomic mass is 15.2. The molecular formula is C11H22N2. The second-order valence-electron chi connectivity index (χ2n) is 5.06. The Labute approximate surface area is 81.7 Å². The largest absolute Gasteiger partial charge is 0.310 e. The van der Waals surface area contributed by atoms with Crippen molar-refractivity contribution in [3.8, 4) is 0 Å². The van der Waals surface area contributed by atoms with E-state index >= 15 is 0 Å². The van der Waals surface area contributed by atoms with Crippen molar-refractivity contribution in [2.45, 2.75) is 51.7 Å². The lowest BCUT2D eigenvalue weighted by Gasteiger charge is -2.20. The molecule has 1 aliphatic heterocycles. The number of hydrogen-bond donors (Lipinski definition) is 1. The highest BCUT2D eigenvalue weighted by Crippen LogP contribution is 2.30. The van der Waals surface area contributed by atoms with E-state index in [9.17, 15) is 0 Å². The molecular weight excluding hydrogens is 160 g/mol. The first-order valence-corrected chi connectivity index (χ1v) is 5.67. The van der Waals surface area contributed by atoms with Crippen molar-refractivity contribution >= 4 is 0 Å². The van der Waals surface area contributed by atoms with Gasteiger partial charge in [0.2, 0.25) is 0 Å². The van der Waals surface area contributed by atoms with Gasteiger partial charge in [-0.25, -0.2) is 0 Å². The molecule has 3 unspecified atom stereocenters. The van der Waals surface area contributed by atoms with Crippen LogP contribution in [0.25, 0.3) is 0 Å². The molecule has 2 nitrogen and oxygen atoms in total. The average Bonchev–Trinajstić information content (AvgIpc) is 2.61. The van der Waals surface area contributed by atoms with Gasteiger partial charge in [0.05, 0.1) is 0 Å². The van der Waals surface area contributed by atoms with Crippen LogP contribution in [0.15, 0.2) is 0 Å². The monoisotopic (exact) mass is 182 g/mol. The molecule has 2 aliphatic rings. The molecule has 0 bridgehead atoms. The van der Waals surface area contributed by atoms with Gasteiger partial charge in [-0.15, -0.1) is 0 Å². The Bertz CT molecular complexity index is 179. The van der Waals surface area contributed by atoms with E-state index < -0.39 is 0 Å². The predicted octanol–water partition coefficient (Wildman–Crippen LogP) is 1.47. The van der Waals surface area contributed by atoms with Crippen molar-refractivity contribution in [1.29, 1.82) is 0 Å². The molecule has 13 heavy (non-hydrogen) atoms. The Morgan fingerprint density at radius 1 is 1.38 bits per heavy atom. The number of likely N-dealkylation sites (tertiary alicyclic amines) is 1. The highest BCUT2D eigenvalue weighted by molar-refractivity contribution is 4.94. The number of hydrogen-bond acceptors (Lipinski definition) is 2. The van der Waals surface area contributed by atoms with Crippen LogP contribution in [0.3, 0.4) is 0 Å². The number of nitrogens with one attached hydrogen (secondary N) is 1. The summed E-state index contributed by atoms with van der Waals surface area (Å²) in [5.74, 6) is 0.938. The topological polar surface area (TPSA) is 15.3 Å². The normalized spacial score (nSPS) is 40.2. The van der Waals surface area contributed by atoms with E-state index in [1.807, 2.05) is 0 Å². The fourth-order valence-electron chi connectivity index (χ4n) is 2.25. The maximum Gasteiger partial charge on any atom is 0.0210 e. The SMILES string of the molecule is CC1CC1NC1CCN(C(C)C)C1. The first-order valence-electron chi connectivity index (χ1n) is 5.67. The summed E-state index contributed by atoms with van der Waals surface area (Å²) in [5, 5.41) is 3.75. The number of nitrogens with zero attached hydrogens (tertiary/aromatic N) is 1. The van der Waals surface area contributed by atoms with Crippen LogP contribution < -0.4 is 5.32 Å². The third kappa shape index (κ3) is 2.23. The zero-order chi connectivity index (χ0) is 9.42. The molecule has 0 spiro atoms. The molecule has 2 heteroatoms. The van der Waals surface area contributed by atoms with Gasteiger partial charge in [0.25, 0.3) is 0 Å². The third-order valence-electron chi connectivity index (χ3n) is 3.51. The molecule has 1 saturated carbocycles. The van der Waals surface area contributed by atoms with Gasteiger partial charge in [-0.2, -0.15) is 0 Å². The van der Waals surface area contributed by atoms with E-state index in [1.54, 1.807) is 0 Å². The minimum Gasteiger partial charge on any atom is -0.310 e. The Hall–Kier alpha value is -0.0800. The van der Waals surface area contributed by atoms with E-state index in [-0.39, 0.29) is 0 Å². The van der Waals surface area contributed by atoms with Gasteiger partial charge in [-0.1, -0.05) is 6.92 Å². The Morgan fingerprint density at radius 2 is 2.08 bits per heavy atom. The van der Waals surface area contributed by atoms with Gasteiger partial charge in [0.1, 0.15) is 0 Å². The average molecular weight is 182 g/mol. The minimum atomic E-state index is 0.725. The van der Waals surface area contributed by atoms with E-state index in [0.29, 0.717) is 0 Å². The zero-order valence-electron chi connectivity index (χ0n) is 9.09. The molecule has 0 aromatic heterocycles. The van der Waals surface area contributed by atoms with E-state index in [0.717, 1.165) is 24.0 Å². The molecule has 3 atom stereocenters. The highest BCUT2D eigenvalue weighted by Gasteiger charge is 2.35. The van der Waals surface area contributed by atoms with Crippen molar-refractivity contribution in [3.63, 3.8) is 0 Å². The van der Waals surface area contributed by atoms with Crippen molar-refractivity contribution in [1.82, 2.24) is 10.2 Å². The van der Waals surface area contributed by atoms with Crippen LogP contribution in [-0.2, 0) is 0 Å². The number of rotatable bonds is 3. The Kier molecular flexibility index (Phi) is 2.61. The Balaban J connectivity index is 1.72. The van der Waals surface area contributed by atoms with Gasteiger partial charge in [0, 0.05) is 24.7 Å². The first-order chi connectivity index (χ1) is 6.16.